The minimum absolute atomic E-state index is 0.0789. The summed E-state index contributed by atoms with van der Waals surface area (Å²) in [7, 11) is -1.76. The van der Waals surface area contributed by atoms with Gasteiger partial charge in [0.1, 0.15) is 5.75 Å². The van der Waals surface area contributed by atoms with Crippen molar-refractivity contribution in [2.75, 3.05) is 13.4 Å². The smallest absolute Gasteiger partial charge is 0.336 e. The van der Waals surface area contributed by atoms with Crippen LogP contribution in [-0.4, -0.2) is 32.9 Å². The summed E-state index contributed by atoms with van der Waals surface area (Å²) >= 11 is 0. The second-order valence-electron chi connectivity index (χ2n) is 4.93. The zero-order chi connectivity index (χ0) is 17.0. The van der Waals surface area contributed by atoms with Gasteiger partial charge >= 0.3 is 5.97 Å². The number of ether oxygens (including phenoxy) is 1. The van der Waals surface area contributed by atoms with Crippen molar-refractivity contribution in [2.45, 2.75) is 4.90 Å². The highest BCUT2D eigenvalue weighted by molar-refractivity contribution is 7.90. The molecule has 0 spiro atoms. The molecule has 0 unspecified atom stereocenters. The van der Waals surface area contributed by atoms with Crippen LogP contribution >= 0.6 is 0 Å². The number of aliphatic carboxylic acids is 1. The van der Waals surface area contributed by atoms with Gasteiger partial charge < -0.3 is 9.84 Å². The summed E-state index contributed by atoms with van der Waals surface area (Å²) in [6.07, 6.45) is 2.63. The van der Waals surface area contributed by atoms with Gasteiger partial charge in [-0.15, -0.1) is 0 Å². The van der Waals surface area contributed by atoms with E-state index in [1.807, 2.05) is 0 Å². The van der Waals surface area contributed by atoms with Crippen LogP contribution in [0.15, 0.2) is 53.4 Å². The summed E-state index contributed by atoms with van der Waals surface area (Å²) in [5, 5.41) is 9.41. The van der Waals surface area contributed by atoms with Crippen molar-refractivity contribution in [1.29, 1.82) is 0 Å². The number of carboxylic acid groups (broad SMARTS) is 1. The van der Waals surface area contributed by atoms with Crippen molar-refractivity contribution in [2.24, 2.45) is 0 Å². The number of methoxy groups -OCH3 is 1. The van der Waals surface area contributed by atoms with Crippen LogP contribution in [0.25, 0.3) is 11.6 Å². The quantitative estimate of drug-likeness (QED) is 0.672. The maximum atomic E-state index is 11.5. The molecule has 0 aromatic heterocycles. The van der Waals surface area contributed by atoms with Gasteiger partial charge in [0.25, 0.3) is 0 Å². The molecular weight excluding hydrogens is 316 g/mol. The number of carboxylic acids is 1. The first-order valence-corrected chi connectivity index (χ1v) is 8.60. The van der Waals surface area contributed by atoms with E-state index in [2.05, 4.69) is 0 Å². The predicted octanol–water partition coefficient (Wildman–Crippen LogP) is 2.72. The highest BCUT2D eigenvalue weighted by Gasteiger charge is 2.13. The molecule has 0 atom stereocenters. The fraction of sp³-hybridized carbons (Fsp3) is 0.118. The van der Waals surface area contributed by atoms with Crippen LogP contribution in [0.5, 0.6) is 5.75 Å². The van der Waals surface area contributed by atoms with Crippen LogP contribution in [0, 0.1) is 0 Å². The Bertz CT molecular complexity index is 832. The van der Waals surface area contributed by atoms with E-state index < -0.39 is 15.8 Å². The van der Waals surface area contributed by atoms with Crippen molar-refractivity contribution >= 4 is 27.5 Å². The third kappa shape index (κ3) is 4.20. The third-order valence-corrected chi connectivity index (χ3v) is 4.38. The van der Waals surface area contributed by atoms with Crippen molar-refractivity contribution < 1.29 is 23.1 Å². The molecule has 0 aliphatic rings. The van der Waals surface area contributed by atoms with Gasteiger partial charge in [-0.25, -0.2) is 13.2 Å². The maximum Gasteiger partial charge on any atom is 0.336 e. The molecule has 0 radical (unpaired) electrons. The fourth-order valence-corrected chi connectivity index (χ4v) is 2.65. The topological polar surface area (TPSA) is 80.7 Å². The lowest BCUT2D eigenvalue weighted by molar-refractivity contribution is -0.130. The predicted molar refractivity (Wildman–Crippen MR) is 88.1 cm³/mol. The molecule has 23 heavy (non-hydrogen) atoms. The van der Waals surface area contributed by atoms with Crippen LogP contribution in [-0.2, 0) is 14.6 Å². The number of sulfone groups is 1. The Morgan fingerprint density at radius 2 is 1.61 bits per heavy atom. The van der Waals surface area contributed by atoms with Gasteiger partial charge in [0.2, 0.25) is 0 Å². The highest BCUT2D eigenvalue weighted by Crippen LogP contribution is 2.22. The van der Waals surface area contributed by atoms with Crippen LogP contribution < -0.4 is 4.74 Å². The van der Waals surface area contributed by atoms with Crippen LogP contribution in [0.2, 0.25) is 0 Å². The van der Waals surface area contributed by atoms with Gasteiger partial charge in [-0.05, 0) is 41.5 Å². The SMILES string of the molecule is COc1ccc(/C=C(/C(=O)O)c2ccc(S(C)(=O)=O)cc2)cc1. The van der Waals surface area contributed by atoms with E-state index in [4.69, 9.17) is 4.74 Å². The number of benzene rings is 2. The largest absolute Gasteiger partial charge is 0.497 e. The molecule has 2 aromatic carbocycles. The maximum absolute atomic E-state index is 11.5. The van der Waals surface area contributed by atoms with Crippen LogP contribution in [0.1, 0.15) is 11.1 Å². The second-order valence-corrected chi connectivity index (χ2v) is 6.95. The molecule has 0 amide bonds. The monoisotopic (exact) mass is 332 g/mol. The first-order valence-electron chi connectivity index (χ1n) is 6.71. The molecule has 0 bridgehead atoms. The Morgan fingerprint density at radius 1 is 1.04 bits per heavy atom. The van der Waals surface area contributed by atoms with Crippen molar-refractivity contribution in [3.8, 4) is 5.75 Å². The molecule has 6 heteroatoms. The summed E-state index contributed by atoms with van der Waals surface area (Å²) in [6.45, 7) is 0. The zero-order valence-electron chi connectivity index (χ0n) is 12.7. The van der Waals surface area contributed by atoms with Crippen molar-refractivity contribution in [3.05, 3.63) is 59.7 Å². The molecule has 0 fully saturated rings. The summed E-state index contributed by atoms with van der Waals surface area (Å²) < 4.78 is 28.0. The molecule has 120 valence electrons. The van der Waals surface area contributed by atoms with Crippen LogP contribution in [0.4, 0.5) is 0 Å². The lowest BCUT2D eigenvalue weighted by Crippen LogP contribution is -2.01. The highest BCUT2D eigenvalue weighted by atomic mass is 32.2. The number of hydrogen-bond acceptors (Lipinski definition) is 4. The number of hydrogen-bond donors (Lipinski definition) is 1. The summed E-state index contributed by atoms with van der Waals surface area (Å²) in [5.41, 5.74) is 1.21. The van der Waals surface area contributed by atoms with E-state index in [0.29, 0.717) is 16.9 Å². The zero-order valence-corrected chi connectivity index (χ0v) is 13.5. The van der Waals surface area contributed by atoms with Gasteiger partial charge in [0.15, 0.2) is 9.84 Å². The molecule has 0 aliphatic heterocycles. The molecular formula is C17H16O5S. The van der Waals surface area contributed by atoms with Crippen molar-refractivity contribution in [3.63, 3.8) is 0 Å². The normalized spacial score (nSPS) is 12.0. The minimum atomic E-state index is -3.31. The van der Waals surface area contributed by atoms with E-state index in [1.54, 1.807) is 31.4 Å². The fourth-order valence-electron chi connectivity index (χ4n) is 2.02. The average molecular weight is 332 g/mol. The van der Waals surface area contributed by atoms with E-state index in [1.165, 1.54) is 30.3 Å². The van der Waals surface area contributed by atoms with Gasteiger partial charge in [-0.3, -0.25) is 0 Å². The van der Waals surface area contributed by atoms with Crippen molar-refractivity contribution in [1.82, 2.24) is 0 Å². The molecule has 0 saturated heterocycles. The lowest BCUT2D eigenvalue weighted by Gasteiger charge is -2.05. The van der Waals surface area contributed by atoms with Crippen LogP contribution in [0.3, 0.4) is 0 Å². The lowest BCUT2D eigenvalue weighted by atomic mass is 10.0. The van der Waals surface area contributed by atoms with Gasteiger partial charge in [-0.2, -0.15) is 0 Å². The summed E-state index contributed by atoms with van der Waals surface area (Å²) in [5.74, 6) is -0.413. The molecule has 2 rings (SSSR count). The molecule has 5 nitrogen and oxygen atoms in total. The Hall–Kier alpha value is -2.60. The Balaban J connectivity index is 2.41. The molecule has 0 aliphatic carbocycles. The summed E-state index contributed by atoms with van der Waals surface area (Å²) in [6, 6.07) is 12.7. The van der Waals surface area contributed by atoms with E-state index in [-0.39, 0.29) is 10.5 Å². The summed E-state index contributed by atoms with van der Waals surface area (Å²) in [4.78, 5) is 11.6. The molecule has 2 aromatic rings. The third-order valence-electron chi connectivity index (χ3n) is 3.25. The average Bonchev–Trinajstić information content (AvgIpc) is 2.52. The Kier molecular flexibility index (Phi) is 4.86. The Labute approximate surface area is 134 Å². The van der Waals surface area contributed by atoms with E-state index >= 15 is 0 Å². The molecule has 0 heterocycles. The standard InChI is InChI=1S/C17H16O5S/c1-22-14-7-3-12(4-8-14)11-16(17(18)19)13-5-9-15(10-6-13)23(2,20)21/h3-11H,1-2H3,(H,18,19)/b16-11+. The number of rotatable bonds is 5. The Morgan fingerprint density at radius 3 is 2.04 bits per heavy atom. The minimum Gasteiger partial charge on any atom is -0.497 e. The number of carbonyl (C=O) groups is 1. The van der Waals surface area contributed by atoms with Gasteiger partial charge in [0, 0.05) is 6.26 Å². The van der Waals surface area contributed by atoms with Gasteiger partial charge in [-0.1, -0.05) is 24.3 Å². The molecule has 1 N–H and O–H groups in total. The first-order chi connectivity index (χ1) is 10.8. The van der Waals surface area contributed by atoms with Gasteiger partial charge in [0.05, 0.1) is 17.6 Å². The molecule has 0 saturated carbocycles. The second kappa shape index (κ2) is 6.66. The first kappa shape index (κ1) is 16.8. The van der Waals surface area contributed by atoms with E-state index in [9.17, 15) is 18.3 Å². The van der Waals surface area contributed by atoms with E-state index in [0.717, 1.165) is 6.26 Å².